The molecular formula is C105H115N3O7P2S6. The van der Waals surface area contributed by atoms with Gasteiger partial charge in [0.2, 0.25) is 0 Å². The van der Waals surface area contributed by atoms with E-state index in [-0.39, 0.29) is 22.3 Å². The van der Waals surface area contributed by atoms with Crippen LogP contribution in [-0.4, -0.2) is 57.7 Å². The number of thiol groups is 2. The molecule has 0 radical (unpaired) electrons. The van der Waals surface area contributed by atoms with Crippen LogP contribution in [0, 0.1) is 0 Å². The van der Waals surface area contributed by atoms with Gasteiger partial charge in [-0.25, -0.2) is 4.57 Å². The van der Waals surface area contributed by atoms with Crippen LogP contribution in [-0.2, 0) is 51.7 Å². The maximum Gasteiger partial charge on any atom is 0.335 e. The van der Waals surface area contributed by atoms with Gasteiger partial charge in [-0.1, -0.05) is 210 Å². The fourth-order valence-electron chi connectivity index (χ4n) is 12.9. The van der Waals surface area contributed by atoms with Crippen molar-refractivity contribution < 1.29 is 32.2 Å². The molecule has 0 atom stereocenters. The Bertz CT molecular complexity index is 4950. The van der Waals surface area contributed by atoms with Crippen molar-refractivity contribution in [2.45, 2.75) is 112 Å². The molecule has 0 fully saturated rings. The van der Waals surface area contributed by atoms with Crippen LogP contribution < -0.4 is 14.7 Å². The van der Waals surface area contributed by atoms with Crippen molar-refractivity contribution in [1.29, 1.82) is 0 Å². The van der Waals surface area contributed by atoms with Gasteiger partial charge in [-0.05, 0) is 289 Å². The number of aldehydes is 1. The lowest BCUT2D eigenvalue weighted by Crippen LogP contribution is -2.10. The second kappa shape index (κ2) is 54.4. The first-order valence-electron chi connectivity index (χ1n) is 40.9. The van der Waals surface area contributed by atoms with Gasteiger partial charge in [0.05, 0.1) is 26.0 Å². The number of carbonyl (C=O) groups excluding carboxylic acids is 1. The van der Waals surface area contributed by atoms with Gasteiger partial charge < -0.3 is 28.5 Å². The van der Waals surface area contributed by atoms with Crippen LogP contribution >= 0.6 is 88.6 Å². The van der Waals surface area contributed by atoms with E-state index < -0.39 is 7.60 Å². The topological polar surface area (TPSA) is 97.8 Å². The Kier molecular flexibility index (Phi) is 43.9. The highest BCUT2D eigenvalue weighted by Gasteiger charge is 2.24. The van der Waals surface area contributed by atoms with E-state index in [1.807, 2.05) is 86.6 Å². The Morgan fingerprint density at radius 2 is 0.561 bits per heavy atom. The summed E-state index contributed by atoms with van der Waals surface area (Å²) in [7, 11) is -3.40. The highest BCUT2D eigenvalue weighted by molar-refractivity contribution is 7.99. The van der Waals surface area contributed by atoms with Crippen LogP contribution in [0.2, 0.25) is 0 Å². The molecule has 0 aliphatic rings. The fourth-order valence-corrected chi connectivity index (χ4v) is 16.9. The van der Waals surface area contributed by atoms with Gasteiger partial charge >= 0.3 is 16.3 Å². The van der Waals surface area contributed by atoms with Gasteiger partial charge in [-0.2, -0.15) is 25.3 Å². The van der Waals surface area contributed by atoms with E-state index in [1.165, 1.54) is 61.1 Å². The predicted molar refractivity (Wildman–Crippen MR) is 544 cm³/mol. The maximum atomic E-state index is 12.6. The lowest BCUT2D eigenvalue weighted by atomic mass is 10.0. The molecule has 13 aromatic carbocycles. The third kappa shape index (κ3) is 31.4. The molecule has 0 amide bonds. The summed E-state index contributed by atoms with van der Waals surface area (Å²) < 4.78 is 43.2. The van der Waals surface area contributed by atoms with E-state index >= 15 is 0 Å². The molecule has 13 aromatic rings. The summed E-state index contributed by atoms with van der Waals surface area (Å²) in [5.74, 6) is 1.43. The number of ether oxygens (including phenoxy) is 1. The minimum Gasteiger partial charge on any atom is -0.382 e. The van der Waals surface area contributed by atoms with E-state index in [9.17, 15) is 13.9 Å². The smallest absolute Gasteiger partial charge is 0.335 e. The first-order valence-corrected chi connectivity index (χ1v) is 49.6. The molecule has 13 rings (SSSR count). The van der Waals surface area contributed by atoms with E-state index in [0.717, 1.165) is 115 Å². The second-order valence-electron chi connectivity index (χ2n) is 27.7. The van der Waals surface area contributed by atoms with E-state index in [0.29, 0.717) is 36.9 Å². The van der Waals surface area contributed by atoms with Crippen molar-refractivity contribution in [2.75, 3.05) is 66.2 Å². The largest absolute Gasteiger partial charge is 0.382 e. The summed E-state index contributed by atoms with van der Waals surface area (Å²) in [4.78, 5) is 22.7. The van der Waals surface area contributed by atoms with Crippen molar-refractivity contribution >= 4 is 170 Å². The van der Waals surface area contributed by atoms with E-state index in [2.05, 4.69) is 346 Å². The SMILES string of the molecule is C.CCCCC.CCOCC.CCOP(=O)(Cc1ccc(-c2ccc(COP=O)cc2)cc1)OCC.CSc1ccc(N(c2ccc(/C=C/c3ccc(-c4ccc(/C=C/c5ccc(N(c6ccc(CS)cc6)c6ccc(CS)cc6)cc5)cc4)cc3)cc2)c2ccc(SC)cc2)cc1.CSc1ccc(N(c2ccc(C=O)cc2)c2ccc(SC)cc2)cc1. The van der Waals surface area contributed by atoms with Crippen LogP contribution in [0.5, 0.6) is 0 Å². The first kappa shape index (κ1) is 99.1. The summed E-state index contributed by atoms with van der Waals surface area (Å²) in [5.41, 5.74) is 24.0. The van der Waals surface area contributed by atoms with Crippen molar-refractivity contribution in [1.82, 2.24) is 0 Å². The molecule has 0 aliphatic carbocycles. The Balaban J connectivity index is 0.000000251. The summed E-state index contributed by atoms with van der Waals surface area (Å²) in [6, 6.07) is 110. The van der Waals surface area contributed by atoms with Gasteiger partial charge in [0.25, 0.3) is 0 Å². The third-order valence-corrected chi connectivity index (χ3v) is 25.4. The zero-order valence-electron chi connectivity index (χ0n) is 71.3. The first-order chi connectivity index (χ1) is 59.7. The molecule has 18 heteroatoms. The Hall–Kier alpha value is -9.32. The minimum atomic E-state index is -3.09. The summed E-state index contributed by atoms with van der Waals surface area (Å²) >= 11 is 15.9. The van der Waals surface area contributed by atoms with E-state index in [1.54, 1.807) is 60.9 Å². The summed E-state index contributed by atoms with van der Waals surface area (Å²) in [6.45, 7) is 14.7. The molecule has 0 heterocycles. The number of rotatable bonds is 35. The molecule has 0 spiro atoms. The number of hydrogen-bond acceptors (Lipinski definition) is 16. The fraction of sp³-hybridized carbons (Fsp3) is 0.210. The quantitative estimate of drug-likeness (QED) is 0.0130. The Morgan fingerprint density at radius 1 is 0.325 bits per heavy atom. The summed E-state index contributed by atoms with van der Waals surface area (Å²) in [6.07, 6.45) is 22.3. The van der Waals surface area contributed by atoms with Crippen LogP contribution in [0.3, 0.4) is 0 Å². The zero-order valence-corrected chi connectivity index (χ0v) is 78.2. The van der Waals surface area contributed by atoms with Gasteiger partial charge in [0, 0.05) is 101 Å². The third-order valence-electron chi connectivity index (χ3n) is 19.4. The molecule has 0 saturated carbocycles. The number of thioether (sulfide) groups is 4. The lowest BCUT2D eigenvalue weighted by molar-refractivity contribution is 0.112. The molecule has 0 aliphatic heterocycles. The van der Waals surface area contributed by atoms with Gasteiger partial charge in [0.1, 0.15) is 6.29 Å². The van der Waals surface area contributed by atoms with Crippen molar-refractivity contribution in [3.05, 3.63) is 366 Å². The van der Waals surface area contributed by atoms with Gasteiger partial charge in [-0.15, -0.1) is 47.0 Å². The summed E-state index contributed by atoms with van der Waals surface area (Å²) in [5, 5.41) is 0. The molecule has 0 bridgehead atoms. The molecule has 0 N–H and O–H groups in total. The highest BCUT2D eigenvalue weighted by Crippen LogP contribution is 2.51. The van der Waals surface area contributed by atoms with Crippen molar-refractivity contribution in [3.63, 3.8) is 0 Å². The number of benzene rings is 13. The molecule has 0 saturated heterocycles. The second-order valence-corrected chi connectivity index (χ2v) is 34.3. The maximum absolute atomic E-state index is 12.6. The van der Waals surface area contributed by atoms with Gasteiger partial charge in [0.15, 0.2) is 0 Å². The van der Waals surface area contributed by atoms with Crippen LogP contribution in [0.15, 0.2) is 335 Å². The van der Waals surface area contributed by atoms with Crippen LogP contribution in [0.1, 0.15) is 123 Å². The average molecular weight is 1790 g/mol. The molecule has 0 unspecified atom stereocenters. The molecule has 10 nitrogen and oxygen atoms in total. The van der Waals surface area contributed by atoms with Crippen LogP contribution in [0.25, 0.3) is 46.6 Å². The molecule has 123 heavy (non-hydrogen) atoms. The van der Waals surface area contributed by atoms with E-state index in [4.69, 9.17) is 18.3 Å². The monoisotopic (exact) mass is 1780 g/mol. The highest BCUT2D eigenvalue weighted by atomic mass is 32.2. The zero-order chi connectivity index (χ0) is 86.7. The molecule has 0 aromatic heterocycles. The Morgan fingerprint density at radius 3 is 0.780 bits per heavy atom. The van der Waals surface area contributed by atoms with Gasteiger partial charge in [-0.3, -0.25) is 13.9 Å². The molecular weight excluding hydrogens is 1670 g/mol. The molecule has 638 valence electrons. The predicted octanol–water partition coefficient (Wildman–Crippen LogP) is 33.1. The normalized spacial score (nSPS) is 10.9. The minimum absolute atomic E-state index is 0. The number of hydrogen-bond donors (Lipinski definition) is 2. The number of anilines is 9. The standard InChI is InChI=1S/C56H48N2S4.C21H19NOS2.C18H22O5P2.C5H12.C4H10O.CH4/c1-61-55-35-31-53(32-36-55)58(54-33-37-56(62-2)38-34-54)50-25-13-44(14-26-50)6-4-42-9-21-48(22-10-42)47-19-7-41(8-20-47)3-5-43-11-23-49(24-12-43)57(51-27-15-45(39-59)16-28-51)52-29-17-46(40-60)18-30-52;1-24-20-11-7-18(8-12-20)22(17-5-3-16(15-23)4-6-17)19-9-13-21(25-2)14-10-19;1-3-22-25(20,23-4-2)14-16-7-11-18(12-8-16)17-9-5-15(6-10-17)13-21-24-19;2*1-3-5-4-2;/h3-38,59-60H,39-40H2,1-2H3;3-15H,1-2H3;5-12H,3-4,13-14H2,1-2H3;3-5H2,1-2H3;3-4H2,1-2H3;1H4/b5-3+,6-4+;;;;;. The van der Waals surface area contributed by atoms with Crippen molar-refractivity contribution in [2.24, 2.45) is 0 Å². The average Bonchev–Trinajstić information content (AvgIpc) is 0.821. The van der Waals surface area contributed by atoms with Crippen molar-refractivity contribution in [3.8, 4) is 22.3 Å². The lowest BCUT2D eigenvalue weighted by Gasteiger charge is -2.26. The number of nitrogens with zero attached hydrogens (tertiary/aromatic N) is 3. The number of unbranched alkanes of at least 4 members (excludes halogenated alkanes) is 2. The number of carbonyl (C=O) groups is 1. The van der Waals surface area contributed by atoms with Crippen LogP contribution in [0.4, 0.5) is 51.2 Å². The Labute approximate surface area is 762 Å².